The average Bonchev–Trinajstić information content (AvgIpc) is 3.42. The van der Waals surface area contributed by atoms with Gasteiger partial charge in [-0.2, -0.15) is 0 Å². The summed E-state index contributed by atoms with van der Waals surface area (Å²) in [6, 6.07) is 11.8. The molecule has 40 heavy (non-hydrogen) atoms. The molecule has 3 heterocycles. The first-order chi connectivity index (χ1) is 19.3. The van der Waals surface area contributed by atoms with Gasteiger partial charge >= 0.3 is 6.03 Å². The van der Waals surface area contributed by atoms with E-state index in [1.807, 2.05) is 18.2 Å². The lowest BCUT2D eigenvalue weighted by molar-refractivity contribution is -0.122. The van der Waals surface area contributed by atoms with Crippen molar-refractivity contribution in [2.45, 2.75) is 12.1 Å². The van der Waals surface area contributed by atoms with Gasteiger partial charge in [-0.25, -0.2) is 4.79 Å². The zero-order valence-corrected chi connectivity index (χ0v) is 22.9. The fourth-order valence-corrected chi connectivity index (χ4v) is 4.98. The van der Waals surface area contributed by atoms with E-state index >= 15 is 0 Å². The van der Waals surface area contributed by atoms with Gasteiger partial charge in [0, 0.05) is 49.5 Å². The first kappa shape index (κ1) is 27.4. The summed E-state index contributed by atoms with van der Waals surface area (Å²) in [4.78, 5) is 41.8. The number of benzene rings is 2. The zero-order chi connectivity index (χ0) is 28.1. The smallest absolute Gasteiger partial charge is 0.323 e. The van der Waals surface area contributed by atoms with E-state index in [-0.39, 0.29) is 12.5 Å². The zero-order valence-electron chi connectivity index (χ0n) is 22.0. The maximum Gasteiger partial charge on any atom is 0.323 e. The number of morpholine rings is 1. The Bertz CT molecular complexity index is 1380. The van der Waals surface area contributed by atoms with Crippen LogP contribution in [0.1, 0.15) is 21.5 Å². The molecule has 11 nitrogen and oxygen atoms in total. The SMILES string of the molecule is COc1ccc2c(c1)C(=O)N(C[C@@]1(C#Cc3ccc(NC(=S)NCCN4CCOCC4)cc3)NC(=O)NC1=O)C2. The molecular formula is C28H30N6O5S. The monoisotopic (exact) mass is 562 g/mol. The number of thiocarbonyl (C=S) groups is 1. The minimum absolute atomic E-state index is 0.0998. The van der Waals surface area contributed by atoms with Crippen molar-refractivity contribution < 1.29 is 23.9 Å². The van der Waals surface area contributed by atoms with Gasteiger partial charge in [-0.3, -0.25) is 19.8 Å². The van der Waals surface area contributed by atoms with Crippen molar-refractivity contribution in [2.75, 3.05) is 58.4 Å². The van der Waals surface area contributed by atoms with Crippen LogP contribution in [0.4, 0.5) is 10.5 Å². The van der Waals surface area contributed by atoms with Crippen molar-refractivity contribution in [3.8, 4) is 17.6 Å². The number of carbonyl (C=O) groups is 3. The highest BCUT2D eigenvalue weighted by Gasteiger charge is 2.48. The lowest BCUT2D eigenvalue weighted by Crippen LogP contribution is -2.54. The topological polar surface area (TPSA) is 124 Å². The number of nitrogens with zero attached hydrogens (tertiary/aromatic N) is 2. The Hall–Kier alpha value is -4.18. The fourth-order valence-electron chi connectivity index (χ4n) is 4.76. The van der Waals surface area contributed by atoms with Crippen LogP contribution in [-0.2, 0) is 16.1 Å². The van der Waals surface area contributed by atoms with Gasteiger partial charge in [0.05, 0.1) is 26.9 Å². The minimum Gasteiger partial charge on any atom is -0.497 e. The molecule has 4 amide bonds. The molecule has 0 saturated carbocycles. The van der Waals surface area contributed by atoms with Gasteiger partial charge in [-0.15, -0.1) is 0 Å². The van der Waals surface area contributed by atoms with Crippen LogP contribution in [-0.4, -0.2) is 91.3 Å². The molecule has 208 valence electrons. The van der Waals surface area contributed by atoms with E-state index in [4.69, 9.17) is 21.7 Å². The first-order valence-electron chi connectivity index (χ1n) is 12.9. The summed E-state index contributed by atoms with van der Waals surface area (Å²) in [5.41, 5.74) is 1.15. The Morgan fingerprint density at radius 2 is 1.93 bits per heavy atom. The van der Waals surface area contributed by atoms with Crippen molar-refractivity contribution in [1.82, 2.24) is 25.8 Å². The number of urea groups is 1. The first-order valence-corrected chi connectivity index (χ1v) is 13.3. The van der Waals surface area contributed by atoms with Crippen LogP contribution in [0.3, 0.4) is 0 Å². The van der Waals surface area contributed by atoms with E-state index in [1.54, 1.807) is 24.3 Å². The Labute approximate surface area is 237 Å². The molecule has 2 fully saturated rings. The molecule has 2 aromatic carbocycles. The number of methoxy groups -OCH3 is 1. The minimum atomic E-state index is -1.58. The Balaban J connectivity index is 1.22. The molecule has 1 atom stereocenters. The summed E-state index contributed by atoms with van der Waals surface area (Å²) in [5.74, 6) is 5.62. The van der Waals surface area contributed by atoms with Gasteiger partial charge in [0.25, 0.3) is 11.8 Å². The maximum absolute atomic E-state index is 13.1. The van der Waals surface area contributed by atoms with Crippen molar-refractivity contribution in [3.63, 3.8) is 0 Å². The Morgan fingerprint density at radius 1 is 1.15 bits per heavy atom. The van der Waals surface area contributed by atoms with Gasteiger partial charge < -0.3 is 30.3 Å². The number of hydrogen-bond donors (Lipinski definition) is 4. The second-order valence-electron chi connectivity index (χ2n) is 9.66. The van der Waals surface area contributed by atoms with Gasteiger partial charge in [-0.05, 0) is 54.2 Å². The second-order valence-corrected chi connectivity index (χ2v) is 10.1. The average molecular weight is 563 g/mol. The van der Waals surface area contributed by atoms with Crippen molar-refractivity contribution in [2.24, 2.45) is 0 Å². The number of amides is 4. The number of carbonyl (C=O) groups excluding carboxylic acids is 3. The summed E-state index contributed by atoms with van der Waals surface area (Å²) >= 11 is 5.40. The normalized spacial score (nSPS) is 20.2. The number of nitrogens with one attached hydrogen (secondary N) is 4. The largest absolute Gasteiger partial charge is 0.497 e. The van der Waals surface area contributed by atoms with Crippen LogP contribution in [0.25, 0.3) is 0 Å². The Kier molecular flexibility index (Phi) is 8.16. The Morgan fingerprint density at radius 3 is 2.62 bits per heavy atom. The predicted octanol–water partition coefficient (Wildman–Crippen LogP) is 0.900. The molecule has 0 spiro atoms. The predicted molar refractivity (Wildman–Crippen MR) is 152 cm³/mol. The van der Waals surface area contributed by atoms with Gasteiger partial charge in [0.1, 0.15) is 5.75 Å². The summed E-state index contributed by atoms with van der Waals surface area (Å²) in [6.45, 7) is 5.18. The quantitative estimate of drug-likeness (QED) is 0.221. The summed E-state index contributed by atoms with van der Waals surface area (Å²) in [5, 5.41) is 11.7. The van der Waals surface area contributed by atoms with Crippen molar-refractivity contribution in [1.29, 1.82) is 0 Å². The van der Waals surface area contributed by atoms with Crippen molar-refractivity contribution >= 4 is 40.9 Å². The molecule has 4 N–H and O–H groups in total. The van der Waals surface area contributed by atoms with E-state index in [9.17, 15) is 14.4 Å². The molecule has 0 aromatic heterocycles. The maximum atomic E-state index is 13.1. The van der Waals surface area contributed by atoms with Crippen LogP contribution in [0.2, 0.25) is 0 Å². The van der Waals surface area contributed by atoms with Gasteiger partial charge in [0.2, 0.25) is 5.54 Å². The van der Waals surface area contributed by atoms with E-state index < -0.39 is 17.5 Å². The number of hydrogen-bond acceptors (Lipinski definition) is 7. The van der Waals surface area contributed by atoms with E-state index in [2.05, 4.69) is 38.0 Å². The number of imide groups is 1. The number of anilines is 1. The lowest BCUT2D eigenvalue weighted by atomic mass is 9.99. The van der Waals surface area contributed by atoms with Crippen LogP contribution in [0.5, 0.6) is 5.75 Å². The second kappa shape index (κ2) is 11.9. The van der Waals surface area contributed by atoms with Gasteiger partial charge in [-0.1, -0.05) is 17.9 Å². The third-order valence-corrected chi connectivity index (χ3v) is 7.19. The van der Waals surface area contributed by atoms with Crippen LogP contribution >= 0.6 is 12.2 Å². The number of rotatable bonds is 7. The number of fused-ring (bicyclic) bond motifs is 1. The van der Waals surface area contributed by atoms with E-state index in [0.29, 0.717) is 28.5 Å². The molecule has 0 unspecified atom stereocenters. The third kappa shape index (κ3) is 6.17. The lowest BCUT2D eigenvalue weighted by Gasteiger charge is -2.26. The molecule has 0 bridgehead atoms. The van der Waals surface area contributed by atoms with Crippen LogP contribution in [0.15, 0.2) is 42.5 Å². The summed E-state index contributed by atoms with van der Waals surface area (Å²) < 4.78 is 10.6. The molecule has 0 aliphatic carbocycles. The van der Waals surface area contributed by atoms with E-state index in [0.717, 1.165) is 50.6 Å². The number of ether oxygens (including phenoxy) is 2. The fraction of sp³-hybridized carbons (Fsp3) is 0.357. The third-order valence-electron chi connectivity index (χ3n) is 6.95. The summed E-state index contributed by atoms with van der Waals surface area (Å²) in [7, 11) is 1.53. The molecule has 3 aliphatic heterocycles. The van der Waals surface area contributed by atoms with Gasteiger partial charge in [0.15, 0.2) is 5.11 Å². The molecular weight excluding hydrogens is 532 g/mol. The standard InChI is InChI=1S/C28H30N6O5S/c1-38-22-7-4-20-17-34(24(35)23(20)16-22)18-28(25(36)31-26(37)32-28)9-8-19-2-5-21(6-3-19)30-27(40)29-10-11-33-12-14-39-15-13-33/h2-7,16H,10-15,17-18H2,1H3,(H2,29,30,40)(H2,31,32,36,37)/t28-/m1/s1. The molecule has 3 aliphatic rings. The molecule has 12 heteroatoms. The highest BCUT2D eigenvalue weighted by Crippen LogP contribution is 2.28. The summed E-state index contributed by atoms with van der Waals surface area (Å²) in [6.07, 6.45) is 0. The highest BCUT2D eigenvalue weighted by molar-refractivity contribution is 7.80. The molecule has 2 aromatic rings. The molecule has 2 saturated heterocycles. The van der Waals surface area contributed by atoms with E-state index in [1.165, 1.54) is 12.0 Å². The molecule has 0 radical (unpaired) electrons. The van der Waals surface area contributed by atoms with Crippen molar-refractivity contribution in [3.05, 3.63) is 59.2 Å². The highest BCUT2D eigenvalue weighted by atomic mass is 32.1. The van der Waals surface area contributed by atoms with Crippen LogP contribution in [0, 0.1) is 11.8 Å². The van der Waals surface area contributed by atoms with Crippen LogP contribution < -0.4 is 26.0 Å². The molecule has 5 rings (SSSR count).